The Morgan fingerprint density at radius 3 is 2.72 bits per heavy atom. The van der Waals surface area contributed by atoms with Gasteiger partial charge >= 0.3 is 5.97 Å². The lowest BCUT2D eigenvalue weighted by Gasteiger charge is -2.07. The summed E-state index contributed by atoms with van der Waals surface area (Å²) >= 11 is 0. The molecule has 0 unspecified atom stereocenters. The predicted octanol–water partition coefficient (Wildman–Crippen LogP) is 3.01. The first-order chi connectivity index (χ1) is 12.1. The van der Waals surface area contributed by atoms with E-state index >= 15 is 0 Å². The van der Waals surface area contributed by atoms with Crippen LogP contribution in [0, 0.1) is 6.92 Å². The highest BCUT2D eigenvalue weighted by atomic mass is 16.6. The molecule has 3 aromatic rings. The van der Waals surface area contributed by atoms with Crippen LogP contribution in [0.1, 0.15) is 22.0 Å². The van der Waals surface area contributed by atoms with Gasteiger partial charge in [0.15, 0.2) is 6.61 Å². The summed E-state index contributed by atoms with van der Waals surface area (Å²) in [7, 11) is 3.10. The van der Waals surface area contributed by atoms with E-state index in [-0.39, 0.29) is 12.5 Å². The number of methoxy groups -OCH3 is 2. The van der Waals surface area contributed by atoms with Gasteiger partial charge < -0.3 is 23.2 Å². The minimum atomic E-state index is -0.520. The Morgan fingerprint density at radius 2 is 2.04 bits per heavy atom. The highest BCUT2D eigenvalue weighted by Gasteiger charge is 2.17. The van der Waals surface area contributed by atoms with Crippen molar-refractivity contribution >= 4 is 5.97 Å². The number of ether oxygens (including phenoxy) is 3. The molecule has 2 heterocycles. The third kappa shape index (κ3) is 3.47. The molecule has 1 aromatic carbocycles. The van der Waals surface area contributed by atoms with Crippen molar-refractivity contribution in [1.82, 2.24) is 10.1 Å². The Morgan fingerprint density at radius 1 is 1.20 bits per heavy atom. The summed E-state index contributed by atoms with van der Waals surface area (Å²) in [6.45, 7) is 1.53. The van der Waals surface area contributed by atoms with Gasteiger partial charge in [0.2, 0.25) is 5.82 Å². The van der Waals surface area contributed by atoms with Crippen molar-refractivity contribution in [2.45, 2.75) is 13.5 Å². The largest absolute Gasteiger partial charge is 0.497 e. The van der Waals surface area contributed by atoms with E-state index in [1.165, 1.54) is 13.4 Å². The zero-order chi connectivity index (χ0) is 17.8. The number of carbonyl (C=O) groups excluding carboxylic acids is 1. The molecule has 0 radical (unpaired) electrons. The molecule has 0 aliphatic rings. The van der Waals surface area contributed by atoms with Gasteiger partial charge in [-0.05, 0) is 25.1 Å². The Bertz CT molecular complexity index is 883. The number of furan rings is 1. The van der Waals surface area contributed by atoms with Crippen molar-refractivity contribution in [3.63, 3.8) is 0 Å². The minimum absolute atomic E-state index is 0.144. The minimum Gasteiger partial charge on any atom is -0.497 e. The lowest BCUT2D eigenvalue weighted by molar-refractivity contribution is 0.0428. The Kier molecular flexibility index (Phi) is 4.69. The highest BCUT2D eigenvalue weighted by molar-refractivity contribution is 5.90. The lowest BCUT2D eigenvalue weighted by atomic mass is 10.2. The van der Waals surface area contributed by atoms with E-state index in [4.69, 9.17) is 23.2 Å². The average molecular weight is 344 g/mol. The fourth-order valence-electron chi connectivity index (χ4n) is 2.21. The molecular formula is C17H16N2O6. The molecule has 25 heavy (non-hydrogen) atoms. The number of aryl methyl sites for hydroxylation is 1. The second-order valence-corrected chi connectivity index (χ2v) is 5.04. The zero-order valence-corrected chi connectivity index (χ0v) is 13.9. The third-order valence-electron chi connectivity index (χ3n) is 3.52. The van der Waals surface area contributed by atoms with Crippen LogP contribution < -0.4 is 9.47 Å². The van der Waals surface area contributed by atoms with Crippen LogP contribution in [0.4, 0.5) is 0 Å². The van der Waals surface area contributed by atoms with Gasteiger partial charge in [0.05, 0.1) is 26.0 Å². The molecule has 2 aromatic heterocycles. The number of nitrogens with zero attached hydrogens (tertiary/aromatic N) is 2. The van der Waals surface area contributed by atoms with Crippen LogP contribution in [0.2, 0.25) is 0 Å². The first kappa shape index (κ1) is 16.6. The monoisotopic (exact) mass is 344 g/mol. The molecule has 0 saturated heterocycles. The van der Waals surface area contributed by atoms with Crippen molar-refractivity contribution in [2.24, 2.45) is 0 Å². The summed E-state index contributed by atoms with van der Waals surface area (Å²) in [5.74, 6) is 1.64. The first-order valence-electron chi connectivity index (χ1n) is 7.38. The highest BCUT2D eigenvalue weighted by Crippen LogP contribution is 2.31. The Labute approximate surface area is 143 Å². The molecule has 0 N–H and O–H groups in total. The van der Waals surface area contributed by atoms with Gasteiger partial charge in [-0.3, -0.25) is 0 Å². The summed E-state index contributed by atoms with van der Waals surface area (Å²) in [5, 5.41) is 3.89. The van der Waals surface area contributed by atoms with E-state index in [2.05, 4.69) is 10.1 Å². The smallest absolute Gasteiger partial charge is 0.342 e. The molecule has 3 rings (SSSR count). The molecule has 0 saturated carbocycles. The van der Waals surface area contributed by atoms with E-state index in [1.807, 2.05) is 0 Å². The normalized spacial score (nSPS) is 10.5. The van der Waals surface area contributed by atoms with Crippen molar-refractivity contribution in [1.29, 1.82) is 0 Å². The Balaban J connectivity index is 1.72. The molecule has 0 amide bonds. The number of benzene rings is 1. The van der Waals surface area contributed by atoms with Crippen LogP contribution in [0.3, 0.4) is 0 Å². The second-order valence-electron chi connectivity index (χ2n) is 5.04. The molecule has 0 bridgehead atoms. The third-order valence-corrected chi connectivity index (χ3v) is 3.52. The molecule has 8 heteroatoms. The van der Waals surface area contributed by atoms with Crippen LogP contribution in [0.15, 0.2) is 39.5 Å². The number of hydrogen-bond donors (Lipinski definition) is 0. The summed E-state index contributed by atoms with van der Waals surface area (Å²) in [5.41, 5.74) is 0.992. The van der Waals surface area contributed by atoms with Crippen LogP contribution in [0.5, 0.6) is 11.5 Å². The van der Waals surface area contributed by atoms with E-state index in [1.54, 1.807) is 38.3 Å². The standard InChI is InChI=1S/C17H16N2O6/c1-10-12(6-7-23-10)17(20)24-9-15-18-16(19-25-15)13-5-4-11(21-2)8-14(13)22-3/h4-8H,9H2,1-3H3. The van der Waals surface area contributed by atoms with Gasteiger partial charge in [0, 0.05) is 6.07 Å². The quantitative estimate of drug-likeness (QED) is 0.630. The Hall–Kier alpha value is -3.29. The maximum Gasteiger partial charge on any atom is 0.342 e. The second kappa shape index (κ2) is 7.08. The van der Waals surface area contributed by atoms with Gasteiger partial charge in [-0.1, -0.05) is 5.16 Å². The van der Waals surface area contributed by atoms with Crippen LogP contribution in [-0.2, 0) is 11.3 Å². The van der Waals surface area contributed by atoms with Gasteiger partial charge in [-0.15, -0.1) is 0 Å². The number of carbonyl (C=O) groups is 1. The lowest BCUT2D eigenvalue weighted by Crippen LogP contribution is -2.05. The summed E-state index contributed by atoms with van der Waals surface area (Å²) in [6.07, 6.45) is 1.42. The van der Waals surface area contributed by atoms with E-state index in [0.717, 1.165) is 0 Å². The fraction of sp³-hybridized carbons (Fsp3) is 0.235. The van der Waals surface area contributed by atoms with Crippen LogP contribution in [-0.4, -0.2) is 30.3 Å². The fourth-order valence-corrected chi connectivity index (χ4v) is 2.21. The zero-order valence-electron chi connectivity index (χ0n) is 13.9. The molecular weight excluding hydrogens is 328 g/mol. The summed E-state index contributed by atoms with van der Waals surface area (Å²) in [6, 6.07) is 6.77. The summed E-state index contributed by atoms with van der Waals surface area (Å²) < 4.78 is 25.8. The number of hydrogen-bond acceptors (Lipinski definition) is 8. The maximum absolute atomic E-state index is 11.9. The van der Waals surface area contributed by atoms with Gasteiger partial charge in [-0.25, -0.2) is 4.79 Å². The van der Waals surface area contributed by atoms with Gasteiger partial charge in [-0.2, -0.15) is 4.98 Å². The van der Waals surface area contributed by atoms with Crippen LogP contribution in [0.25, 0.3) is 11.4 Å². The number of aromatic nitrogens is 2. The van der Waals surface area contributed by atoms with Crippen LogP contribution >= 0.6 is 0 Å². The van der Waals surface area contributed by atoms with Crippen molar-refractivity contribution in [3.8, 4) is 22.9 Å². The average Bonchev–Trinajstić information content (AvgIpc) is 3.28. The molecule has 0 fully saturated rings. The van der Waals surface area contributed by atoms with Crippen molar-refractivity contribution < 1.29 is 27.9 Å². The molecule has 0 aliphatic heterocycles. The van der Waals surface area contributed by atoms with E-state index < -0.39 is 5.97 Å². The summed E-state index contributed by atoms with van der Waals surface area (Å²) in [4.78, 5) is 16.2. The topological polar surface area (TPSA) is 96.8 Å². The van der Waals surface area contributed by atoms with Gasteiger partial charge in [0.1, 0.15) is 22.8 Å². The first-order valence-corrected chi connectivity index (χ1v) is 7.38. The molecule has 0 spiro atoms. The predicted molar refractivity (Wildman–Crippen MR) is 85.4 cm³/mol. The SMILES string of the molecule is COc1ccc(-c2noc(COC(=O)c3ccoc3C)n2)c(OC)c1. The number of rotatable bonds is 6. The molecule has 130 valence electrons. The van der Waals surface area contributed by atoms with E-state index in [0.29, 0.717) is 34.2 Å². The van der Waals surface area contributed by atoms with Crippen molar-refractivity contribution in [3.05, 3.63) is 47.7 Å². The van der Waals surface area contributed by atoms with E-state index in [9.17, 15) is 4.79 Å². The van der Waals surface area contributed by atoms with Crippen molar-refractivity contribution in [2.75, 3.05) is 14.2 Å². The molecule has 0 aliphatic carbocycles. The molecule has 0 atom stereocenters. The molecule has 8 nitrogen and oxygen atoms in total. The maximum atomic E-state index is 11.9. The van der Waals surface area contributed by atoms with Gasteiger partial charge in [0.25, 0.3) is 5.89 Å². The number of esters is 1.